The predicted octanol–water partition coefficient (Wildman–Crippen LogP) is 4.03. The molecule has 1 N–H and O–H groups in total. The molecule has 0 saturated heterocycles. The van der Waals surface area contributed by atoms with Crippen LogP contribution in [0.5, 0.6) is 0 Å². The van der Waals surface area contributed by atoms with Crippen molar-refractivity contribution in [3.63, 3.8) is 0 Å². The van der Waals surface area contributed by atoms with Gasteiger partial charge in [-0.3, -0.25) is 4.79 Å². The van der Waals surface area contributed by atoms with Gasteiger partial charge in [-0.25, -0.2) is 14.2 Å². The second-order valence-electron chi connectivity index (χ2n) is 4.94. The van der Waals surface area contributed by atoms with Gasteiger partial charge in [0.1, 0.15) is 5.82 Å². The molecule has 0 aliphatic rings. The highest BCUT2D eigenvalue weighted by Gasteiger charge is 2.12. The molecule has 0 bridgehead atoms. The Morgan fingerprint density at radius 1 is 1.36 bits per heavy atom. The number of esters is 1. The Bertz CT molecular complexity index is 841. The minimum absolute atomic E-state index is 0.125. The summed E-state index contributed by atoms with van der Waals surface area (Å²) < 4.78 is 17.8. The summed E-state index contributed by atoms with van der Waals surface area (Å²) in [5, 5.41) is 3.00. The molecular weight excluding hydrogens is 370 g/mol. The van der Waals surface area contributed by atoms with Gasteiger partial charge in [-0.15, -0.1) is 0 Å². The third kappa shape index (κ3) is 5.55. The molecule has 1 amide bonds. The molecule has 130 valence electrons. The van der Waals surface area contributed by atoms with Crippen molar-refractivity contribution in [2.24, 2.45) is 0 Å². The van der Waals surface area contributed by atoms with Gasteiger partial charge in [0.15, 0.2) is 12.4 Å². The monoisotopic (exact) mass is 382 g/mol. The van der Waals surface area contributed by atoms with Crippen LogP contribution < -0.4 is 5.32 Å². The van der Waals surface area contributed by atoms with E-state index < -0.39 is 24.3 Å². The lowest BCUT2D eigenvalue weighted by atomic mass is 10.2. The van der Waals surface area contributed by atoms with Crippen LogP contribution in [0.15, 0.2) is 36.5 Å². The quantitative estimate of drug-likeness (QED) is 0.625. The number of aromatic nitrogens is 1. The zero-order valence-electron chi connectivity index (χ0n) is 13.1. The van der Waals surface area contributed by atoms with Gasteiger partial charge in [0, 0.05) is 12.3 Å². The van der Waals surface area contributed by atoms with E-state index in [0.29, 0.717) is 16.1 Å². The van der Waals surface area contributed by atoms with Crippen molar-refractivity contribution < 1.29 is 18.7 Å². The van der Waals surface area contributed by atoms with Crippen LogP contribution in [0.4, 0.5) is 10.2 Å². The highest BCUT2D eigenvalue weighted by atomic mass is 35.5. The molecule has 25 heavy (non-hydrogen) atoms. The van der Waals surface area contributed by atoms with Gasteiger partial charge < -0.3 is 10.1 Å². The first kappa shape index (κ1) is 18.9. The first-order valence-corrected chi connectivity index (χ1v) is 7.83. The Labute approximate surface area is 153 Å². The number of hydrogen-bond donors (Lipinski definition) is 1. The second-order valence-corrected chi connectivity index (χ2v) is 5.72. The Hall–Kier alpha value is -2.44. The molecule has 0 radical (unpaired) electrons. The summed E-state index contributed by atoms with van der Waals surface area (Å²) in [5.41, 5.74) is 1.07. The summed E-state index contributed by atoms with van der Waals surface area (Å²) in [6.07, 6.45) is 3.83. The Morgan fingerprint density at radius 2 is 2.12 bits per heavy atom. The summed E-state index contributed by atoms with van der Waals surface area (Å²) in [6, 6.07) is 5.68. The van der Waals surface area contributed by atoms with Gasteiger partial charge in [-0.2, -0.15) is 0 Å². The fourth-order valence-electron chi connectivity index (χ4n) is 1.77. The standard InChI is InChI=1S/C17H13Cl2FN2O3/c1-10-13(18)8-21-17(16(10)19)22-14(23)9-25-15(24)6-5-11-3-2-4-12(20)7-11/h2-8H,9H2,1H3,(H,21,22,23)/b6-5+. The van der Waals surface area contributed by atoms with Crippen LogP contribution in [-0.2, 0) is 14.3 Å². The number of benzene rings is 1. The van der Waals surface area contributed by atoms with E-state index in [2.05, 4.69) is 10.3 Å². The number of amides is 1. The van der Waals surface area contributed by atoms with Crippen molar-refractivity contribution in [1.82, 2.24) is 4.98 Å². The molecule has 1 heterocycles. The summed E-state index contributed by atoms with van der Waals surface area (Å²) >= 11 is 11.9. The molecule has 0 saturated carbocycles. The third-order valence-corrected chi connectivity index (χ3v) is 3.91. The highest BCUT2D eigenvalue weighted by molar-refractivity contribution is 6.37. The molecule has 1 aromatic carbocycles. The molecule has 1 aromatic heterocycles. The largest absolute Gasteiger partial charge is 0.452 e. The number of carbonyl (C=O) groups is 2. The number of hydrogen-bond acceptors (Lipinski definition) is 4. The van der Waals surface area contributed by atoms with Crippen molar-refractivity contribution in [3.8, 4) is 0 Å². The topological polar surface area (TPSA) is 68.3 Å². The average molecular weight is 383 g/mol. The van der Waals surface area contributed by atoms with Crippen molar-refractivity contribution >= 4 is 47.0 Å². The lowest BCUT2D eigenvalue weighted by Gasteiger charge is -2.09. The Balaban J connectivity index is 1.87. The van der Waals surface area contributed by atoms with E-state index in [0.717, 1.165) is 6.08 Å². The molecule has 8 heteroatoms. The minimum atomic E-state index is -0.745. The number of ether oxygens (including phenoxy) is 1. The molecule has 0 aliphatic carbocycles. The SMILES string of the molecule is Cc1c(Cl)cnc(NC(=O)COC(=O)/C=C/c2cccc(F)c2)c1Cl. The van der Waals surface area contributed by atoms with Gasteiger partial charge in [-0.1, -0.05) is 35.3 Å². The summed E-state index contributed by atoms with van der Waals surface area (Å²) in [6.45, 7) is 1.16. The highest BCUT2D eigenvalue weighted by Crippen LogP contribution is 2.28. The summed E-state index contributed by atoms with van der Waals surface area (Å²) in [7, 11) is 0. The van der Waals surface area contributed by atoms with Gasteiger partial charge in [-0.05, 0) is 36.3 Å². The maximum atomic E-state index is 13.0. The first-order chi connectivity index (χ1) is 11.9. The van der Waals surface area contributed by atoms with Crippen LogP contribution in [0.1, 0.15) is 11.1 Å². The molecule has 0 atom stereocenters. The zero-order valence-corrected chi connectivity index (χ0v) is 14.6. The maximum Gasteiger partial charge on any atom is 0.331 e. The van der Waals surface area contributed by atoms with Crippen LogP contribution in [-0.4, -0.2) is 23.5 Å². The molecule has 0 unspecified atom stereocenters. The van der Waals surface area contributed by atoms with Crippen LogP contribution in [0.2, 0.25) is 10.0 Å². The molecule has 2 aromatic rings. The predicted molar refractivity (Wildman–Crippen MR) is 94.0 cm³/mol. The number of halogens is 3. The van der Waals surface area contributed by atoms with Crippen molar-refractivity contribution in [2.45, 2.75) is 6.92 Å². The van der Waals surface area contributed by atoms with Crippen LogP contribution in [0, 0.1) is 12.7 Å². The number of pyridine rings is 1. The van der Waals surface area contributed by atoms with E-state index in [-0.39, 0.29) is 10.8 Å². The second kappa shape index (κ2) is 8.60. The number of carbonyl (C=O) groups excluding carboxylic acids is 2. The maximum absolute atomic E-state index is 13.0. The van der Waals surface area contributed by atoms with Crippen molar-refractivity contribution in [3.05, 3.63) is 63.5 Å². The fourth-order valence-corrected chi connectivity index (χ4v) is 2.16. The van der Waals surface area contributed by atoms with Crippen LogP contribution >= 0.6 is 23.2 Å². The normalized spacial score (nSPS) is 10.7. The summed E-state index contributed by atoms with van der Waals surface area (Å²) in [5.74, 6) is -1.65. The van der Waals surface area contributed by atoms with E-state index in [1.807, 2.05) is 0 Å². The number of nitrogens with zero attached hydrogens (tertiary/aromatic N) is 1. The van der Waals surface area contributed by atoms with E-state index in [4.69, 9.17) is 27.9 Å². The van der Waals surface area contributed by atoms with Crippen LogP contribution in [0.3, 0.4) is 0 Å². The van der Waals surface area contributed by atoms with Crippen LogP contribution in [0.25, 0.3) is 6.08 Å². The van der Waals surface area contributed by atoms with Gasteiger partial charge >= 0.3 is 5.97 Å². The van der Waals surface area contributed by atoms with E-state index >= 15 is 0 Å². The number of anilines is 1. The lowest BCUT2D eigenvalue weighted by Crippen LogP contribution is -2.21. The fraction of sp³-hybridized carbons (Fsp3) is 0.118. The van der Waals surface area contributed by atoms with Gasteiger partial charge in [0.05, 0.1) is 10.0 Å². The smallest absolute Gasteiger partial charge is 0.331 e. The Kier molecular flexibility index (Phi) is 6.50. The molecule has 0 fully saturated rings. The molecule has 5 nitrogen and oxygen atoms in total. The lowest BCUT2D eigenvalue weighted by molar-refractivity contribution is -0.142. The zero-order chi connectivity index (χ0) is 18.4. The molecule has 0 aliphatic heterocycles. The number of rotatable bonds is 5. The van der Waals surface area contributed by atoms with Crippen molar-refractivity contribution in [2.75, 3.05) is 11.9 Å². The van der Waals surface area contributed by atoms with Crippen molar-refractivity contribution in [1.29, 1.82) is 0 Å². The molecule has 2 rings (SSSR count). The molecular formula is C17H13Cl2FN2O3. The Morgan fingerprint density at radius 3 is 2.84 bits per heavy atom. The van der Waals surface area contributed by atoms with Gasteiger partial charge in [0.25, 0.3) is 5.91 Å². The van der Waals surface area contributed by atoms with Gasteiger partial charge in [0.2, 0.25) is 0 Å². The minimum Gasteiger partial charge on any atom is -0.452 e. The van der Waals surface area contributed by atoms with E-state index in [1.54, 1.807) is 13.0 Å². The molecule has 0 spiro atoms. The van der Waals surface area contributed by atoms with E-state index in [9.17, 15) is 14.0 Å². The summed E-state index contributed by atoms with van der Waals surface area (Å²) in [4.78, 5) is 27.3. The first-order valence-electron chi connectivity index (χ1n) is 7.07. The third-order valence-electron chi connectivity index (χ3n) is 3.07. The van der Waals surface area contributed by atoms with E-state index in [1.165, 1.54) is 30.5 Å². The average Bonchev–Trinajstić information content (AvgIpc) is 2.59. The number of nitrogens with one attached hydrogen (secondary N) is 1.